The van der Waals surface area contributed by atoms with Gasteiger partial charge in [-0.25, -0.2) is 4.79 Å². The number of amides is 1. The van der Waals surface area contributed by atoms with Crippen molar-refractivity contribution >= 4 is 29.3 Å². The summed E-state index contributed by atoms with van der Waals surface area (Å²) in [5.41, 5.74) is -0.445. The van der Waals surface area contributed by atoms with Crippen LogP contribution < -0.4 is 19.5 Å². The van der Waals surface area contributed by atoms with Gasteiger partial charge in [-0.2, -0.15) is 0 Å². The highest BCUT2D eigenvalue weighted by molar-refractivity contribution is 6.39. The zero-order valence-corrected chi connectivity index (χ0v) is 13.5. The van der Waals surface area contributed by atoms with E-state index in [1.54, 1.807) is 0 Å². The van der Waals surface area contributed by atoms with Crippen molar-refractivity contribution < 1.29 is 19.0 Å². The van der Waals surface area contributed by atoms with Crippen LogP contribution in [0.2, 0.25) is 10.0 Å². The van der Waals surface area contributed by atoms with Gasteiger partial charge in [-0.3, -0.25) is 0 Å². The van der Waals surface area contributed by atoms with Crippen molar-refractivity contribution in [2.75, 3.05) is 14.2 Å². The summed E-state index contributed by atoms with van der Waals surface area (Å²) in [6.07, 6.45) is -0.670. The quantitative estimate of drug-likeness (QED) is 0.917. The first kappa shape index (κ1) is 16.7. The molecule has 0 bridgehead atoms. The Labute approximate surface area is 128 Å². The van der Waals surface area contributed by atoms with Crippen LogP contribution in [0.5, 0.6) is 17.2 Å². The van der Waals surface area contributed by atoms with E-state index in [0.717, 1.165) is 0 Å². The van der Waals surface area contributed by atoms with Crippen molar-refractivity contribution in [2.24, 2.45) is 0 Å². The maximum Gasteiger partial charge on any atom is 0.413 e. The van der Waals surface area contributed by atoms with Gasteiger partial charge in [0.1, 0.15) is 21.5 Å². The second-order valence-electron chi connectivity index (χ2n) is 5.00. The van der Waals surface area contributed by atoms with Crippen LogP contribution in [-0.4, -0.2) is 25.9 Å². The normalized spacial score (nSPS) is 10.9. The summed E-state index contributed by atoms with van der Waals surface area (Å²) in [6.45, 7) is 5.47. The van der Waals surface area contributed by atoms with E-state index < -0.39 is 11.6 Å². The average molecular weight is 322 g/mol. The topological polar surface area (TPSA) is 56.8 Å². The summed E-state index contributed by atoms with van der Waals surface area (Å²) in [5.74, 6) is 0.587. The number of halogens is 2. The number of rotatable bonds is 3. The third-order valence-corrected chi connectivity index (χ3v) is 2.92. The molecule has 0 saturated carbocycles. The smallest absolute Gasteiger partial charge is 0.413 e. The lowest BCUT2D eigenvalue weighted by molar-refractivity contribution is 0.190. The van der Waals surface area contributed by atoms with E-state index in [4.69, 9.17) is 37.4 Å². The highest BCUT2D eigenvalue weighted by atomic mass is 35.5. The number of nitrogens with one attached hydrogen (secondary N) is 1. The molecule has 0 aliphatic carbocycles. The fourth-order valence-corrected chi connectivity index (χ4v) is 1.95. The molecule has 0 heterocycles. The van der Waals surface area contributed by atoms with Crippen LogP contribution in [0.15, 0.2) is 6.07 Å². The lowest BCUT2D eigenvalue weighted by Crippen LogP contribution is -2.42. The van der Waals surface area contributed by atoms with Gasteiger partial charge < -0.3 is 19.5 Å². The molecule has 1 aromatic carbocycles. The Morgan fingerprint density at radius 3 is 1.90 bits per heavy atom. The van der Waals surface area contributed by atoms with Crippen LogP contribution >= 0.6 is 23.2 Å². The van der Waals surface area contributed by atoms with Gasteiger partial charge in [0.2, 0.25) is 0 Å². The van der Waals surface area contributed by atoms with Gasteiger partial charge in [-0.1, -0.05) is 23.2 Å². The maximum atomic E-state index is 11.8. The van der Waals surface area contributed by atoms with Crippen LogP contribution in [0.1, 0.15) is 20.8 Å². The summed E-state index contributed by atoms with van der Waals surface area (Å²) in [5, 5.41) is 2.84. The Kier molecular flexibility index (Phi) is 5.36. The largest absolute Gasteiger partial charge is 0.495 e. The van der Waals surface area contributed by atoms with Crippen molar-refractivity contribution in [1.82, 2.24) is 5.32 Å². The molecule has 112 valence electrons. The van der Waals surface area contributed by atoms with Crippen molar-refractivity contribution in [3.63, 3.8) is 0 Å². The molecule has 0 aliphatic heterocycles. The van der Waals surface area contributed by atoms with Crippen LogP contribution in [0.3, 0.4) is 0 Å². The van der Waals surface area contributed by atoms with Crippen molar-refractivity contribution in [3.8, 4) is 17.2 Å². The molecule has 0 unspecified atom stereocenters. The zero-order valence-electron chi connectivity index (χ0n) is 12.0. The first-order valence-electron chi connectivity index (χ1n) is 5.79. The predicted molar refractivity (Wildman–Crippen MR) is 78.5 cm³/mol. The number of hydrogen-bond donors (Lipinski definition) is 1. The summed E-state index contributed by atoms with van der Waals surface area (Å²) < 4.78 is 15.3. The Hall–Kier alpha value is -1.33. The first-order valence-corrected chi connectivity index (χ1v) is 6.55. The van der Waals surface area contributed by atoms with E-state index in [-0.39, 0.29) is 15.8 Å². The first-order chi connectivity index (χ1) is 9.19. The van der Waals surface area contributed by atoms with Crippen molar-refractivity contribution in [2.45, 2.75) is 26.3 Å². The Morgan fingerprint density at radius 1 is 1.10 bits per heavy atom. The van der Waals surface area contributed by atoms with Gasteiger partial charge in [0, 0.05) is 11.6 Å². The van der Waals surface area contributed by atoms with E-state index in [0.29, 0.717) is 11.5 Å². The van der Waals surface area contributed by atoms with Crippen LogP contribution in [-0.2, 0) is 0 Å². The molecule has 0 atom stereocenters. The van der Waals surface area contributed by atoms with Crippen molar-refractivity contribution in [3.05, 3.63) is 16.1 Å². The number of benzene rings is 1. The predicted octanol–water partition coefficient (Wildman–Crippen LogP) is 3.90. The highest BCUT2D eigenvalue weighted by Gasteiger charge is 2.23. The summed E-state index contributed by atoms with van der Waals surface area (Å²) in [7, 11) is 2.88. The maximum absolute atomic E-state index is 11.8. The molecule has 0 aromatic heterocycles. The monoisotopic (exact) mass is 321 g/mol. The van der Waals surface area contributed by atoms with Gasteiger partial charge in [-0.05, 0) is 20.8 Å². The standard InChI is InChI=1S/C13H17Cl2NO4/c1-13(2,3)16-12(17)20-11-9(14)7(18-4)6-8(19-5)10(11)15/h6H,1-5H3,(H,16,17). The SMILES string of the molecule is COc1cc(OC)c(Cl)c(OC(=O)NC(C)(C)C)c1Cl. The lowest BCUT2D eigenvalue weighted by Gasteiger charge is -2.21. The minimum absolute atomic E-state index is 0.00807. The summed E-state index contributed by atoms with van der Waals surface area (Å²) >= 11 is 12.2. The molecule has 5 nitrogen and oxygen atoms in total. The van der Waals surface area contributed by atoms with Gasteiger partial charge in [0.15, 0.2) is 5.75 Å². The molecule has 1 N–H and O–H groups in total. The fourth-order valence-electron chi connectivity index (χ4n) is 1.38. The third-order valence-electron chi connectivity index (χ3n) is 2.21. The summed E-state index contributed by atoms with van der Waals surface area (Å²) in [6, 6.07) is 1.51. The molecule has 0 saturated heterocycles. The zero-order chi connectivity index (χ0) is 15.5. The molecule has 0 radical (unpaired) electrons. The van der Waals surface area contributed by atoms with Crippen LogP contribution in [0.4, 0.5) is 4.79 Å². The van der Waals surface area contributed by atoms with Crippen molar-refractivity contribution in [1.29, 1.82) is 0 Å². The lowest BCUT2D eigenvalue weighted by atomic mass is 10.1. The highest BCUT2D eigenvalue weighted by Crippen LogP contribution is 2.45. The Morgan fingerprint density at radius 2 is 1.55 bits per heavy atom. The molecular weight excluding hydrogens is 305 g/mol. The minimum atomic E-state index is -0.670. The second kappa shape index (κ2) is 6.41. The Bertz CT molecular complexity index is 484. The summed E-state index contributed by atoms with van der Waals surface area (Å²) in [4.78, 5) is 11.8. The van der Waals surface area contributed by atoms with E-state index in [2.05, 4.69) is 5.32 Å². The number of methoxy groups -OCH3 is 2. The molecule has 0 aliphatic rings. The second-order valence-corrected chi connectivity index (χ2v) is 5.76. The van der Waals surface area contributed by atoms with Crippen LogP contribution in [0, 0.1) is 0 Å². The van der Waals surface area contributed by atoms with Gasteiger partial charge in [0.25, 0.3) is 0 Å². The van der Waals surface area contributed by atoms with E-state index in [9.17, 15) is 4.79 Å². The molecule has 0 spiro atoms. The van der Waals surface area contributed by atoms with Gasteiger partial charge >= 0.3 is 6.09 Å². The number of carbonyl (C=O) groups is 1. The molecule has 1 rings (SSSR count). The number of hydrogen-bond acceptors (Lipinski definition) is 4. The van der Waals surface area contributed by atoms with E-state index in [1.165, 1.54) is 20.3 Å². The average Bonchev–Trinajstić information content (AvgIpc) is 2.33. The molecular formula is C13H17Cl2NO4. The molecule has 1 aromatic rings. The van der Waals surface area contributed by atoms with E-state index >= 15 is 0 Å². The van der Waals surface area contributed by atoms with Gasteiger partial charge in [-0.15, -0.1) is 0 Å². The number of carbonyl (C=O) groups excluding carboxylic acids is 1. The van der Waals surface area contributed by atoms with Crippen LogP contribution in [0.25, 0.3) is 0 Å². The molecule has 7 heteroatoms. The fraction of sp³-hybridized carbons (Fsp3) is 0.462. The minimum Gasteiger partial charge on any atom is -0.495 e. The van der Waals surface area contributed by atoms with Gasteiger partial charge in [0.05, 0.1) is 14.2 Å². The molecule has 1 amide bonds. The molecule has 20 heavy (non-hydrogen) atoms. The Balaban J connectivity index is 3.14. The third kappa shape index (κ3) is 4.08. The molecule has 0 fully saturated rings. The van der Waals surface area contributed by atoms with E-state index in [1.807, 2.05) is 20.8 Å². The number of ether oxygens (including phenoxy) is 3.